The van der Waals surface area contributed by atoms with Crippen LogP contribution in [-0.2, 0) is 30.7 Å². The fourth-order valence-corrected chi connectivity index (χ4v) is 3.68. The third-order valence-electron chi connectivity index (χ3n) is 4.42. The predicted octanol–water partition coefficient (Wildman–Crippen LogP) is 3.98. The van der Waals surface area contributed by atoms with Gasteiger partial charge in [-0.05, 0) is 19.1 Å². The highest BCUT2D eigenvalue weighted by Gasteiger charge is 2.35. The molecule has 15 heteroatoms. The average molecular weight is 505 g/mol. The molecular weight excluding hydrogens is 488 g/mol. The van der Waals surface area contributed by atoms with Crippen LogP contribution in [0.5, 0.6) is 0 Å². The van der Waals surface area contributed by atoms with Gasteiger partial charge in [-0.25, -0.2) is 5.43 Å². The van der Waals surface area contributed by atoms with Crippen LogP contribution < -0.4 is 5.43 Å². The summed E-state index contributed by atoms with van der Waals surface area (Å²) >= 11 is 0.939. The molecule has 0 radical (unpaired) electrons. The number of hydrazone groups is 1. The molecule has 0 aliphatic carbocycles. The van der Waals surface area contributed by atoms with Gasteiger partial charge in [0.25, 0.3) is 5.91 Å². The molecule has 0 aliphatic rings. The van der Waals surface area contributed by atoms with E-state index in [0.29, 0.717) is 6.54 Å². The minimum absolute atomic E-state index is 0.0888. The minimum Gasteiger partial charge on any atom is -0.301 e. The number of carbonyl (C=O) groups is 1. The van der Waals surface area contributed by atoms with Gasteiger partial charge in [-0.2, -0.15) is 36.5 Å². The van der Waals surface area contributed by atoms with E-state index in [4.69, 9.17) is 0 Å². The molecule has 1 N–H and O–H groups in total. The lowest BCUT2D eigenvalue weighted by Crippen LogP contribution is -2.20. The molecule has 34 heavy (non-hydrogen) atoms. The van der Waals surface area contributed by atoms with Crippen molar-refractivity contribution in [3.05, 3.63) is 47.2 Å². The molecule has 0 spiro atoms. The Morgan fingerprint density at radius 3 is 2.47 bits per heavy atom. The normalized spacial score (nSPS) is 12.5. The first-order chi connectivity index (χ1) is 15.9. The second kappa shape index (κ2) is 9.87. The molecule has 182 valence electrons. The molecule has 0 unspecified atom stereocenters. The number of aryl methyl sites for hydroxylation is 1. The van der Waals surface area contributed by atoms with Gasteiger partial charge in [0.2, 0.25) is 0 Å². The summed E-state index contributed by atoms with van der Waals surface area (Å²) in [5.41, 5.74) is 0.0361. The SMILES string of the molecule is CCn1c(SCC(=O)N/N=C\c2ccccc2C(F)(F)F)nnc1-c1cc(C(F)(F)F)nn1C. The molecule has 0 saturated heterocycles. The van der Waals surface area contributed by atoms with E-state index in [-0.39, 0.29) is 28.0 Å². The molecule has 1 aromatic carbocycles. The van der Waals surface area contributed by atoms with Crippen molar-refractivity contribution in [3.63, 3.8) is 0 Å². The van der Waals surface area contributed by atoms with Gasteiger partial charge in [0.1, 0.15) is 5.69 Å². The second-order valence-electron chi connectivity index (χ2n) is 6.75. The molecule has 8 nitrogen and oxygen atoms in total. The molecule has 0 saturated carbocycles. The quantitative estimate of drug-likeness (QED) is 0.227. The molecule has 2 heterocycles. The summed E-state index contributed by atoms with van der Waals surface area (Å²) in [6, 6.07) is 5.60. The van der Waals surface area contributed by atoms with Gasteiger partial charge in [-0.15, -0.1) is 10.2 Å². The monoisotopic (exact) mass is 505 g/mol. The van der Waals surface area contributed by atoms with E-state index < -0.39 is 29.5 Å². The van der Waals surface area contributed by atoms with Crippen LogP contribution in [0.4, 0.5) is 26.3 Å². The fourth-order valence-electron chi connectivity index (χ4n) is 2.89. The Hall–Kier alpha value is -3.36. The Bertz CT molecular complexity index is 1200. The summed E-state index contributed by atoms with van der Waals surface area (Å²) in [6.07, 6.45) is -8.30. The number of nitrogens with zero attached hydrogens (tertiary/aromatic N) is 6. The van der Waals surface area contributed by atoms with Gasteiger partial charge >= 0.3 is 12.4 Å². The summed E-state index contributed by atoms with van der Waals surface area (Å²) in [5.74, 6) is -0.703. The van der Waals surface area contributed by atoms with Crippen LogP contribution in [0.15, 0.2) is 40.6 Å². The van der Waals surface area contributed by atoms with E-state index in [0.717, 1.165) is 34.8 Å². The molecule has 0 atom stereocenters. The van der Waals surface area contributed by atoms with E-state index in [1.54, 1.807) is 6.92 Å². The number of carbonyl (C=O) groups excluding carboxylic acids is 1. The summed E-state index contributed by atoms with van der Waals surface area (Å²) in [6.45, 7) is 2.02. The van der Waals surface area contributed by atoms with Crippen LogP contribution in [-0.4, -0.2) is 42.4 Å². The van der Waals surface area contributed by atoms with Gasteiger partial charge in [-0.1, -0.05) is 30.0 Å². The minimum atomic E-state index is -4.62. The van der Waals surface area contributed by atoms with E-state index in [1.165, 1.54) is 29.8 Å². The first-order valence-corrected chi connectivity index (χ1v) is 10.6. The highest BCUT2D eigenvalue weighted by Crippen LogP contribution is 2.32. The molecule has 3 rings (SSSR count). The number of benzene rings is 1. The zero-order chi connectivity index (χ0) is 25.1. The molecule has 0 bridgehead atoms. The molecule has 1 amide bonds. The van der Waals surface area contributed by atoms with Gasteiger partial charge in [0, 0.05) is 19.2 Å². The Morgan fingerprint density at radius 2 is 1.85 bits per heavy atom. The number of nitrogens with one attached hydrogen (secondary N) is 1. The zero-order valence-corrected chi connectivity index (χ0v) is 18.5. The molecular formula is C19H17F6N7OS. The highest BCUT2D eigenvalue weighted by atomic mass is 32.2. The topological polar surface area (TPSA) is 90.0 Å². The third kappa shape index (κ3) is 5.76. The van der Waals surface area contributed by atoms with Crippen molar-refractivity contribution < 1.29 is 31.1 Å². The first-order valence-electron chi connectivity index (χ1n) is 9.57. The van der Waals surface area contributed by atoms with Crippen molar-refractivity contribution in [1.29, 1.82) is 0 Å². The van der Waals surface area contributed by atoms with Crippen LogP contribution in [0.2, 0.25) is 0 Å². The van der Waals surface area contributed by atoms with Crippen molar-refractivity contribution in [2.24, 2.45) is 12.1 Å². The van der Waals surface area contributed by atoms with E-state index >= 15 is 0 Å². The van der Waals surface area contributed by atoms with Crippen LogP contribution in [0, 0.1) is 0 Å². The Labute approximate surface area is 193 Å². The van der Waals surface area contributed by atoms with E-state index in [1.807, 2.05) is 0 Å². The first kappa shape index (κ1) is 25.3. The maximum Gasteiger partial charge on any atom is 0.435 e. The van der Waals surface area contributed by atoms with Crippen molar-refractivity contribution in [2.45, 2.75) is 31.0 Å². The largest absolute Gasteiger partial charge is 0.435 e. The van der Waals surface area contributed by atoms with Gasteiger partial charge < -0.3 is 4.57 Å². The lowest BCUT2D eigenvalue weighted by atomic mass is 10.1. The van der Waals surface area contributed by atoms with Gasteiger partial charge in [0.15, 0.2) is 16.7 Å². The molecule has 3 aromatic rings. The smallest absolute Gasteiger partial charge is 0.301 e. The lowest BCUT2D eigenvalue weighted by molar-refractivity contribution is -0.141. The van der Waals surface area contributed by atoms with E-state index in [9.17, 15) is 31.1 Å². The number of alkyl halides is 6. The van der Waals surface area contributed by atoms with Crippen molar-refractivity contribution >= 4 is 23.9 Å². The number of thioether (sulfide) groups is 1. The van der Waals surface area contributed by atoms with Crippen LogP contribution in [0.25, 0.3) is 11.5 Å². The zero-order valence-electron chi connectivity index (χ0n) is 17.6. The molecule has 2 aromatic heterocycles. The van der Waals surface area contributed by atoms with E-state index in [2.05, 4.69) is 25.8 Å². The summed E-state index contributed by atoms with van der Waals surface area (Å²) < 4.78 is 80.4. The Kier molecular flexibility index (Phi) is 7.33. The number of hydrogen-bond donors (Lipinski definition) is 1. The van der Waals surface area contributed by atoms with Crippen LogP contribution >= 0.6 is 11.8 Å². The van der Waals surface area contributed by atoms with Gasteiger partial charge in [0.05, 0.1) is 17.5 Å². The number of hydrogen-bond acceptors (Lipinski definition) is 6. The number of aromatic nitrogens is 5. The van der Waals surface area contributed by atoms with Crippen LogP contribution in [0.1, 0.15) is 23.7 Å². The van der Waals surface area contributed by atoms with Crippen molar-refractivity contribution in [3.8, 4) is 11.5 Å². The third-order valence-corrected chi connectivity index (χ3v) is 5.39. The average Bonchev–Trinajstić information content (AvgIpc) is 3.34. The summed E-state index contributed by atoms with van der Waals surface area (Å²) in [4.78, 5) is 12.1. The lowest BCUT2D eigenvalue weighted by Gasteiger charge is -2.09. The maximum absolute atomic E-state index is 13.0. The number of rotatable bonds is 7. The van der Waals surface area contributed by atoms with Crippen molar-refractivity contribution in [2.75, 3.05) is 5.75 Å². The van der Waals surface area contributed by atoms with Gasteiger partial charge in [-0.3, -0.25) is 9.48 Å². The molecule has 0 aliphatic heterocycles. The maximum atomic E-state index is 13.0. The predicted molar refractivity (Wildman–Crippen MR) is 111 cm³/mol. The number of amides is 1. The Balaban J connectivity index is 1.67. The standard InChI is InChI=1S/C19H17F6N7OS/c1-3-32-16(13-8-14(19(23,24)25)30-31(13)2)28-29-17(32)34-10-15(33)27-26-9-11-6-4-5-7-12(11)18(20,21)22/h4-9H,3,10H2,1-2H3,(H,27,33)/b26-9-. The fraction of sp³-hybridized carbons (Fsp3) is 0.316. The summed E-state index contributed by atoms with van der Waals surface area (Å²) in [7, 11) is 1.34. The van der Waals surface area contributed by atoms with Crippen LogP contribution in [0.3, 0.4) is 0 Å². The Morgan fingerprint density at radius 1 is 1.15 bits per heavy atom. The number of halogens is 6. The highest BCUT2D eigenvalue weighted by molar-refractivity contribution is 7.99. The second-order valence-corrected chi connectivity index (χ2v) is 7.70. The summed E-state index contributed by atoms with van der Waals surface area (Å²) in [5, 5.41) is 15.1. The molecule has 0 fully saturated rings. The van der Waals surface area contributed by atoms with Crippen molar-refractivity contribution in [1.82, 2.24) is 30.0 Å².